The molecule has 0 unspecified atom stereocenters. The highest BCUT2D eigenvalue weighted by atomic mass is 32.2. The highest BCUT2D eigenvalue weighted by Gasteiger charge is 2.23. The van der Waals surface area contributed by atoms with Crippen LogP contribution in [0.25, 0.3) is 0 Å². The predicted molar refractivity (Wildman–Crippen MR) is 65.4 cm³/mol. The molecule has 0 bridgehead atoms. The summed E-state index contributed by atoms with van der Waals surface area (Å²) < 4.78 is 22.8. The zero-order valence-electron chi connectivity index (χ0n) is 10.0. The normalized spacial score (nSPS) is 24.4. The lowest BCUT2D eigenvalue weighted by Crippen LogP contribution is -2.40. The van der Waals surface area contributed by atoms with Gasteiger partial charge in [0.15, 0.2) is 9.84 Å². The van der Waals surface area contributed by atoms with E-state index in [0.717, 1.165) is 12.5 Å². The molecule has 1 aliphatic heterocycles. The standard InChI is InChI=1S/C11H20N2O3S/c14-11(9-12-8-10-2-3-10)13-4-1-6-17(15,16)7-5-13/h10,12H,1-9H2. The summed E-state index contributed by atoms with van der Waals surface area (Å²) in [5, 5.41) is 3.14. The fraction of sp³-hybridized carbons (Fsp3) is 0.909. The molecule has 1 amide bonds. The minimum atomic E-state index is -2.92. The summed E-state index contributed by atoms with van der Waals surface area (Å²) in [5.74, 6) is 1.11. The Bertz CT molecular complexity index is 376. The number of amides is 1. The maximum absolute atomic E-state index is 11.8. The van der Waals surface area contributed by atoms with Crippen LogP contribution in [0.3, 0.4) is 0 Å². The van der Waals surface area contributed by atoms with Gasteiger partial charge in [0.2, 0.25) is 5.91 Å². The quantitative estimate of drug-likeness (QED) is 0.749. The first-order chi connectivity index (χ1) is 8.07. The van der Waals surface area contributed by atoms with E-state index in [0.29, 0.717) is 26.1 Å². The molecule has 17 heavy (non-hydrogen) atoms. The first-order valence-corrected chi connectivity index (χ1v) is 8.08. The SMILES string of the molecule is O=C(CNCC1CC1)N1CCCS(=O)(=O)CC1. The molecule has 0 aromatic heterocycles. The Morgan fingerprint density at radius 3 is 2.71 bits per heavy atom. The fourth-order valence-electron chi connectivity index (χ4n) is 2.00. The molecule has 0 spiro atoms. The Labute approximate surface area is 102 Å². The van der Waals surface area contributed by atoms with Crippen LogP contribution in [-0.4, -0.2) is 56.9 Å². The van der Waals surface area contributed by atoms with Crippen molar-refractivity contribution in [3.05, 3.63) is 0 Å². The molecule has 0 aromatic rings. The number of nitrogens with zero attached hydrogens (tertiary/aromatic N) is 1. The molecule has 1 N–H and O–H groups in total. The van der Waals surface area contributed by atoms with E-state index in [-0.39, 0.29) is 17.4 Å². The van der Waals surface area contributed by atoms with Gasteiger partial charge in [-0.15, -0.1) is 0 Å². The first-order valence-electron chi connectivity index (χ1n) is 6.26. The van der Waals surface area contributed by atoms with E-state index in [9.17, 15) is 13.2 Å². The Morgan fingerprint density at radius 2 is 2.00 bits per heavy atom. The number of sulfone groups is 1. The number of nitrogens with one attached hydrogen (secondary N) is 1. The average molecular weight is 260 g/mol. The molecule has 6 heteroatoms. The Balaban J connectivity index is 1.74. The summed E-state index contributed by atoms with van der Waals surface area (Å²) in [6, 6.07) is 0. The van der Waals surface area contributed by atoms with Crippen molar-refractivity contribution in [2.24, 2.45) is 5.92 Å². The molecule has 2 fully saturated rings. The van der Waals surface area contributed by atoms with Crippen LogP contribution in [0.1, 0.15) is 19.3 Å². The third kappa shape index (κ3) is 4.27. The van der Waals surface area contributed by atoms with Gasteiger partial charge >= 0.3 is 0 Å². The highest BCUT2D eigenvalue weighted by Crippen LogP contribution is 2.27. The predicted octanol–water partition coefficient (Wildman–Crippen LogP) is -0.367. The van der Waals surface area contributed by atoms with Crippen molar-refractivity contribution < 1.29 is 13.2 Å². The second-order valence-electron chi connectivity index (χ2n) is 4.96. The van der Waals surface area contributed by atoms with Gasteiger partial charge in [-0.2, -0.15) is 0 Å². The molecule has 0 radical (unpaired) electrons. The van der Waals surface area contributed by atoms with E-state index in [2.05, 4.69) is 5.32 Å². The Kier molecular flexibility index (Phi) is 4.04. The second-order valence-corrected chi connectivity index (χ2v) is 7.26. The van der Waals surface area contributed by atoms with Gasteiger partial charge in [-0.25, -0.2) is 8.42 Å². The summed E-state index contributed by atoms with van der Waals surface area (Å²) in [4.78, 5) is 13.5. The molecule has 0 aromatic carbocycles. The molecule has 98 valence electrons. The molecule has 1 heterocycles. The monoisotopic (exact) mass is 260 g/mol. The van der Waals surface area contributed by atoms with Crippen molar-refractivity contribution in [2.45, 2.75) is 19.3 Å². The largest absolute Gasteiger partial charge is 0.341 e. The minimum absolute atomic E-state index is 0.0303. The first kappa shape index (κ1) is 12.8. The molecule has 5 nitrogen and oxygen atoms in total. The van der Waals surface area contributed by atoms with Gasteiger partial charge in [0, 0.05) is 13.1 Å². The van der Waals surface area contributed by atoms with Gasteiger partial charge in [0.25, 0.3) is 0 Å². The molecule has 2 aliphatic rings. The molecule has 1 saturated heterocycles. The highest BCUT2D eigenvalue weighted by molar-refractivity contribution is 7.91. The van der Waals surface area contributed by atoms with E-state index in [1.54, 1.807) is 4.90 Å². The summed E-state index contributed by atoms with van der Waals surface area (Å²) >= 11 is 0. The fourth-order valence-corrected chi connectivity index (χ4v) is 3.28. The average Bonchev–Trinajstić information content (AvgIpc) is 3.06. The van der Waals surface area contributed by atoms with Crippen molar-refractivity contribution in [1.82, 2.24) is 10.2 Å². The summed E-state index contributed by atoms with van der Waals surface area (Å²) in [6.07, 6.45) is 3.10. The van der Waals surface area contributed by atoms with Gasteiger partial charge in [-0.3, -0.25) is 4.79 Å². The van der Waals surface area contributed by atoms with Gasteiger partial charge in [0.1, 0.15) is 0 Å². The molecule has 0 atom stereocenters. The third-order valence-corrected chi connectivity index (χ3v) is 5.03. The zero-order valence-corrected chi connectivity index (χ0v) is 10.8. The number of hydrogen-bond donors (Lipinski definition) is 1. The van der Waals surface area contributed by atoms with E-state index in [1.807, 2.05) is 0 Å². The maximum Gasteiger partial charge on any atom is 0.236 e. The van der Waals surface area contributed by atoms with E-state index < -0.39 is 9.84 Å². The van der Waals surface area contributed by atoms with Crippen LogP contribution in [0.4, 0.5) is 0 Å². The third-order valence-electron chi connectivity index (χ3n) is 3.31. The molecular weight excluding hydrogens is 240 g/mol. The van der Waals surface area contributed by atoms with Crippen LogP contribution >= 0.6 is 0 Å². The number of rotatable bonds is 4. The topological polar surface area (TPSA) is 66.5 Å². The van der Waals surface area contributed by atoms with E-state index in [4.69, 9.17) is 0 Å². The summed E-state index contributed by atoms with van der Waals surface area (Å²) in [5.41, 5.74) is 0. The van der Waals surface area contributed by atoms with Gasteiger partial charge < -0.3 is 10.2 Å². The zero-order chi connectivity index (χ0) is 12.3. The molecule has 1 aliphatic carbocycles. The lowest BCUT2D eigenvalue weighted by Gasteiger charge is -2.19. The van der Waals surface area contributed by atoms with Crippen LogP contribution in [0, 0.1) is 5.92 Å². The van der Waals surface area contributed by atoms with Gasteiger partial charge in [-0.1, -0.05) is 0 Å². The van der Waals surface area contributed by atoms with Crippen LogP contribution in [0.2, 0.25) is 0 Å². The van der Waals surface area contributed by atoms with Crippen LogP contribution in [-0.2, 0) is 14.6 Å². The maximum atomic E-state index is 11.8. The molecule has 2 rings (SSSR count). The molecule has 1 saturated carbocycles. The lowest BCUT2D eigenvalue weighted by atomic mass is 10.3. The van der Waals surface area contributed by atoms with Crippen molar-refractivity contribution in [1.29, 1.82) is 0 Å². The Morgan fingerprint density at radius 1 is 1.24 bits per heavy atom. The minimum Gasteiger partial charge on any atom is -0.341 e. The van der Waals surface area contributed by atoms with Crippen molar-refractivity contribution in [2.75, 3.05) is 37.7 Å². The summed E-state index contributed by atoms with van der Waals surface area (Å²) in [6.45, 7) is 2.18. The lowest BCUT2D eigenvalue weighted by molar-refractivity contribution is -0.129. The van der Waals surface area contributed by atoms with Crippen LogP contribution < -0.4 is 5.32 Å². The summed E-state index contributed by atoms with van der Waals surface area (Å²) in [7, 11) is -2.92. The number of carbonyl (C=O) groups excluding carboxylic acids is 1. The van der Waals surface area contributed by atoms with E-state index in [1.165, 1.54) is 12.8 Å². The second kappa shape index (κ2) is 5.35. The van der Waals surface area contributed by atoms with Crippen molar-refractivity contribution >= 4 is 15.7 Å². The van der Waals surface area contributed by atoms with Crippen LogP contribution in [0.5, 0.6) is 0 Å². The van der Waals surface area contributed by atoms with Gasteiger partial charge in [0.05, 0.1) is 18.1 Å². The van der Waals surface area contributed by atoms with Crippen LogP contribution in [0.15, 0.2) is 0 Å². The smallest absolute Gasteiger partial charge is 0.236 e. The Hall–Kier alpha value is -0.620. The number of hydrogen-bond acceptors (Lipinski definition) is 4. The van der Waals surface area contributed by atoms with Crippen molar-refractivity contribution in [3.8, 4) is 0 Å². The molecular formula is C11H20N2O3S. The number of carbonyl (C=O) groups is 1. The van der Waals surface area contributed by atoms with Crippen molar-refractivity contribution in [3.63, 3.8) is 0 Å². The van der Waals surface area contributed by atoms with E-state index >= 15 is 0 Å². The van der Waals surface area contributed by atoms with Gasteiger partial charge in [-0.05, 0) is 31.7 Å².